The van der Waals surface area contributed by atoms with Gasteiger partial charge >= 0.3 is 19.8 Å². The number of hydrogen-bond donors (Lipinski definition) is 5. The molecule has 270 valence electrons. The molecule has 0 bridgehead atoms. The lowest BCUT2D eigenvalue weighted by Gasteiger charge is -2.15. The van der Waals surface area contributed by atoms with Gasteiger partial charge in [0, 0.05) is 0 Å². The van der Waals surface area contributed by atoms with Crippen LogP contribution >= 0.6 is 31.0 Å². The normalized spacial score (nSPS) is 12.8. The highest BCUT2D eigenvalue weighted by molar-refractivity contribution is 7.47. The van der Waals surface area contributed by atoms with Crippen LogP contribution in [0.3, 0.4) is 0 Å². The lowest BCUT2D eigenvalue weighted by Crippen LogP contribution is -2.02. The van der Waals surface area contributed by atoms with Gasteiger partial charge in [0.15, 0.2) is 0 Å². The summed E-state index contributed by atoms with van der Waals surface area (Å²) in [5, 5.41) is 38.7. The molecule has 0 radical (unpaired) electrons. The van der Waals surface area contributed by atoms with Crippen LogP contribution in [0.5, 0.6) is 11.5 Å². The molecule has 2 aromatic carbocycles. The van der Waals surface area contributed by atoms with Crippen LogP contribution in [0.2, 0.25) is 10.0 Å². The van der Waals surface area contributed by atoms with Gasteiger partial charge in [-0.15, -0.1) is 0 Å². The van der Waals surface area contributed by atoms with Crippen molar-refractivity contribution in [3.63, 3.8) is 0 Å². The summed E-state index contributed by atoms with van der Waals surface area (Å²) in [4.78, 5) is 33.5. The first-order valence-electron chi connectivity index (χ1n) is 16.5. The number of unbranched alkanes of at least 4 members (excludes halogenated alkanes) is 9. The van der Waals surface area contributed by atoms with Crippen LogP contribution in [0.1, 0.15) is 122 Å². The Balaban J connectivity index is 1.86. The first-order valence-corrected chi connectivity index (χ1v) is 18.8. The predicted molar refractivity (Wildman–Crippen MR) is 193 cm³/mol. The van der Waals surface area contributed by atoms with Crippen LogP contribution in [0.15, 0.2) is 54.6 Å². The summed E-state index contributed by atoms with van der Waals surface area (Å²) in [6, 6.07) is 4.79. The van der Waals surface area contributed by atoms with Gasteiger partial charge in [0.2, 0.25) is 0 Å². The summed E-state index contributed by atoms with van der Waals surface area (Å²) in [7, 11) is -4.37. The molecule has 0 aromatic heterocycles. The number of carbonyl (C=O) groups is 2. The van der Waals surface area contributed by atoms with Crippen molar-refractivity contribution in [1.29, 1.82) is 0 Å². The van der Waals surface area contributed by atoms with Crippen molar-refractivity contribution in [3.05, 3.63) is 86.9 Å². The predicted octanol–water partition coefficient (Wildman–Crippen LogP) is 10.6. The van der Waals surface area contributed by atoms with Crippen LogP contribution in [0.25, 0.3) is 5.57 Å². The third kappa shape index (κ3) is 15.5. The van der Waals surface area contributed by atoms with E-state index >= 15 is 0 Å². The largest absolute Gasteiger partial charge is 0.505 e. The Morgan fingerprint density at radius 3 is 1.61 bits per heavy atom. The Morgan fingerprint density at radius 2 is 1.12 bits per heavy atom. The Morgan fingerprint density at radius 1 is 0.673 bits per heavy atom. The van der Waals surface area contributed by atoms with Gasteiger partial charge in [-0.2, -0.15) is 0 Å². The van der Waals surface area contributed by atoms with Crippen molar-refractivity contribution < 1.29 is 48.5 Å². The quantitative estimate of drug-likeness (QED) is 0.0396. The third-order valence-corrected chi connectivity index (χ3v) is 9.09. The molecule has 0 spiro atoms. The Kier molecular flexibility index (Phi) is 19.4. The van der Waals surface area contributed by atoms with E-state index in [1.165, 1.54) is 43.9 Å². The number of phosphoric ester groups is 1. The fraction of sp³-hybridized carbons (Fsp3) is 0.444. The molecule has 2 rings (SSSR count). The molecule has 1 atom stereocenters. The second-order valence-corrected chi connectivity index (χ2v) is 13.7. The Labute approximate surface area is 298 Å². The van der Waals surface area contributed by atoms with E-state index in [0.29, 0.717) is 6.42 Å². The number of carboxylic acids is 2. The van der Waals surface area contributed by atoms with E-state index in [2.05, 4.69) is 31.2 Å². The van der Waals surface area contributed by atoms with Gasteiger partial charge in [0.1, 0.15) is 22.6 Å². The zero-order valence-corrected chi connectivity index (χ0v) is 30.2. The molecule has 5 N–H and O–H groups in total. The number of phenols is 2. The molecule has 1 unspecified atom stereocenters. The SMILES string of the molecule is CCCCC/C=C/CCC/C=C/CCCCCCOP(=O)(O)OCCC=C(c1cc(Cl)c(O)c(C(=O)O)c1)c1cc(Cl)c(O)c(C(=O)O)c1. The third-order valence-electron chi connectivity index (χ3n) is 7.50. The van der Waals surface area contributed by atoms with Crippen LogP contribution < -0.4 is 0 Å². The molecule has 0 amide bonds. The van der Waals surface area contributed by atoms with Gasteiger partial charge in [0.25, 0.3) is 0 Å². The molecule has 0 aliphatic rings. The zero-order chi connectivity index (χ0) is 36.2. The first kappa shape index (κ1) is 42.1. The van der Waals surface area contributed by atoms with Crippen molar-refractivity contribution >= 4 is 48.5 Å². The highest BCUT2D eigenvalue weighted by Crippen LogP contribution is 2.44. The van der Waals surface area contributed by atoms with Gasteiger partial charge in [0.05, 0.1) is 23.3 Å². The highest BCUT2D eigenvalue weighted by atomic mass is 35.5. The van der Waals surface area contributed by atoms with E-state index < -0.39 is 42.4 Å². The van der Waals surface area contributed by atoms with Gasteiger partial charge < -0.3 is 25.3 Å². The van der Waals surface area contributed by atoms with Crippen molar-refractivity contribution in [2.75, 3.05) is 13.2 Å². The molecule has 10 nitrogen and oxygen atoms in total. The van der Waals surface area contributed by atoms with E-state index in [-0.39, 0.29) is 46.4 Å². The van der Waals surface area contributed by atoms with Crippen LogP contribution in [-0.2, 0) is 13.6 Å². The monoisotopic (exact) mass is 740 g/mol. The van der Waals surface area contributed by atoms with Gasteiger partial charge in [-0.25, -0.2) is 14.2 Å². The molecular formula is C36H47Cl2O10P. The Bertz CT molecular complexity index is 1450. The van der Waals surface area contributed by atoms with E-state index in [1.54, 1.807) is 0 Å². The van der Waals surface area contributed by atoms with E-state index in [1.807, 2.05) is 0 Å². The van der Waals surface area contributed by atoms with E-state index in [0.717, 1.165) is 57.1 Å². The molecule has 0 aliphatic carbocycles. The maximum atomic E-state index is 12.4. The number of halogens is 2. The second kappa shape index (κ2) is 22.6. The highest BCUT2D eigenvalue weighted by Gasteiger charge is 2.22. The summed E-state index contributed by atoms with van der Waals surface area (Å²) < 4.78 is 22.6. The Hall–Kier alpha value is -3.11. The van der Waals surface area contributed by atoms with Crippen LogP contribution in [0, 0.1) is 0 Å². The van der Waals surface area contributed by atoms with Crippen molar-refractivity contribution in [2.45, 2.75) is 90.4 Å². The van der Waals surface area contributed by atoms with Crippen molar-refractivity contribution in [3.8, 4) is 11.5 Å². The number of allylic oxidation sites excluding steroid dienone is 4. The molecule has 0 aliphatic heterocycles. The molecule has 13 heteroatoms. The number of hydrogen-bond acceptors (Lipinski definition) is 7. The van der Waals surface area contributed by atoms with Crippen LogP contribution in [-0.4, -0.2) is 50.5 Å². The maximum absolute atomic E-state index is 12.4. The summed E-state index contributed by atoms with van der Waals surface area (Å²) in [5.41, 5.74) is -0.475. The molecule has 2 aromatic rings. The lowest BCUT2D eigenvalue weighted by molar-refractivity contribution is 0.0682. The molecule has 0 fully saturated rings. The number of aromatic carboxylic acids is 2. The number of phosphoric acid groups is 1. The molecule has 0 saturated heterocycles. The van der Waals surface area contributed by atoms with E-state index in [4.69, 9.17) is 32.2 Å². The first-order chi connectivity index (χ1) is 23.4. The lowest BCUT2D eigenvalue weighted by atomic mass is 9.93. The fourth-order valence-electron chi connectivity index (χ4n) is 4.88. The summed E-state index contributed by atoms with van der Waals surface area (Å²) in [6.07, 6.45) is 23.2. The number of aromatic hydroxyl groups is 2. The number of carboxylic acid groups (broad SMARTS) is 2. The summed E-state index contributed by atoms with van der Waals surface area (Å²) in [5.74, 6) is -4.24. The number of benzene rings is 2. The molecule has 49 heavy (non-hydrogen) atoms. The second-order valence-electron chi connectivity index (χ2n) is 11.4. The minimum atomic E-state index is -4.37. The average Bonchev–Trinajstić information content (AvgIpc) is 3.04. The smallest absolute Gasteiger partial charge is 0.472 e. The van der Waals surface area contributed by atoms with Crippen LogP contribution in [0.4, 0.5) is 0 Å². The molecule has 0 saturated carbocycles. The van der Waals surface area contributed by atoms with Gasteiger partial charge in [-0.3, -0.25) is 9.05 Å². The molecular weight excluding hydrogens is 694 g/mol. The summed E-state index contributed by atoms with van der Waals surface area (Å²) >= 11 is 12.2. The van der Waals surface area contributed by atoms with Gasteiger partial charge in [-0.05, 0) is 98.8 Å². The fourth-order valence-corrected chi connectivity index (χ4v) is 6.09. The summed E-state index contributed by atoms with van der Waals surface area (Å²) in [6.45, 7) is 1.97. The topological polar surface area (TPSA) is 171 Å². The van der Waals surface area contributed by atoms with Crippen molar-refractivity contribution in [2.24, 2.45) is 0 Å². The van der Waals surface area contributed by atoms with E-state index in [9.17, 15) is 39.5 Å². The minimum Gasteiger partial charge on any atom is -0.505 e. The minimum absolute atomic E-state index is 0.00565. The standard InChI is InChI=1S/C36H47Cl2O10P/c1-2-3-4-5-6-7-8-9-10-11-12-13-14-15-16-17-20-47-49(45,46)48-21-18-19-28(26-22-29(35(41)42)33(39)31(37)24-26)27-23-30(36(43)44)34(40)32(38)25-27/h6-7,11-12,19,22-25,39-40H,2-5,8-10,13-18,20-21H2,1H3,(H,41,42)(H,43,44)(H,45,46)/b7-6+,12-11+. The number of rotatable bonds is 24. The average molecular weight is 742 g/mol. The maximum Gasteiger partial charge on any atom is 0.472 e. The van der Waals surface area contributed by atoms with Crippen molar-refractivity contribution in [1.82, 2.24) is 0 Å². The zero-order valence-electron chi connectivity index (χ0n) is 27.8. The molecule has 0 heterocycles. The van der Waals surface area contributed by atoms with Gasteiger partial charge in [-0.1, -0.05) is 86.2 Å².